The minimum atomic E-state index is 0.115. The van der Waals surface area contributed by atoms with E-state index in [-0.39, 0.29) is 17.9 Å². The van der Waals surface area contributed by atoms with Gasteiger partial charge in [0.05, 0.1) is 0 Å². The lowest BCUT2D eigenvalue weighted by molar-refractivity contribution is -0.136. The molecule has 0 aliphatic heterocycles. The van der Waals surface area contributed by atoms with Crippen LogP contribution in [0.15, 0.2) is 0 Å². The van der Waals surface area contributed by atoms with E-state index in [1.54, 1.807) is 11.8 Å². The summed E-state index contributed by atoms with van der Waals surface area (Å²) < 4.78 is 0. The third-order valence-corrected chi connectivity index (χ3v) is 3.92. The highest BCUT2D eigenvalue weighted by Gasteiger charge is 2.26. The van der Waals surface area contributed by atoms with Crippen LogP contribution >= 0.6 is 11.8 Å². The van der Waals surface area contributed by atoms with E-state index in [1.807, 2.05) is 25.8 Å². The average Bonchev–Trinajstić information content (AvgIpc) is 2.21. The molecule has 0 unspecified atom stereocenters. The van der Waals surface area contributed by atoms with Crippen LogP contribution in [-0.4, -0.2) is 41.9 Å². The summed E-state index contributed by atoms with van der Waals surface area (Å²) in [7, 11) is 1.88. The SMILES string of the molecule is CC(C)[C@H](CSCCN)C(=O)N(C)C(C)C. The summed E-state index contributed by atoms with van der Waals surface area (Å²) in [4.78, 5) is 14.0. The number of amides is 1. The van der Waals surface area contributed by atoms with E-state index in [0.29, 0.717) is 12.5 Å². The molecular formula is C12H26N2OS. The molecule has 0 saturated carbocycles. The number of nitrogens with two attached hydrogens (primary N) is 1. The summed E-state index contributed by atoms with van der Waals surface area (Å²) in [6, 6.07) is 0.272. The molecule has 1 amide bonds. The number of carbonyl (C=O) groups is 1. The summed E-state index contributed by atoms with van der Waals surface area (Å²) in [5.41, 5.74) is 5.46. The first-order chi connectivity index (χ1) is 7.41. The minimum Gasteiger partial charge on any atom is -0.343 e. The zero-order chi connectivity index (χ0) is 12.7. The number of thioether (sulfide) groups is 1. The van der Waals surface area contributed by atoms with Gasteiger partial charge in [-0.05, 0) is 19.8 Å². The molecule has 0 aromatic rings. The molecule has 1 atom stereocenters. The molecule has 2 N–H and O–H groups in total. The number of nitrogens with zero attached hydrogens (tertiary/aromatic N) is 1. The molecule has 96 valence electrons. The summed E-state index contributed by atoms with van der Waals surface area (Å²) in [5.74, 6) is 2.57. The van der Waals surface area contributed by atoms with Gasteiger partial charge in [0.25, 0.3) is 0 Å². The molecule has 0 spiro atoms. The first-order valence-electron chi connectivity index (χ1n) is 5.96. The Balaban J connectivity index is 4.35. The maximum Gasteiger partial charge on any atom is 0.226 e. The van der Waals surface area contributed by atoms with Crippen molar-refractivity contribution in [1.29, 1.82) is 0 Å². The molecule has 0 aliphatic carbocycles. The Labute approximate surface area is 104 Å². The second kappa shape index (κ2) is 7.96. The van der Waals surface area contributed by atoms with Crippen LogP contribution in [0, 0.1) is 11.8 Å². The second-order valence-electron chi connectivity index (χ2n) is 4.76. The van der Waals surface area contributed by atoms with Gasteiger partial charge < -0.3 is 10.6 Å². The van der Waals surface area contributed by atoms with Crippen LogP contribution in [0.3, 0.4) is 0 Å². The van der Waals surface area contributed by atoms with E-state index in [2.05, 4.69) is 13.8 Å². The van der Waals surface area contributed by atoms with E-state index in [4.69, 9.17) is 5.73 Å². The molecule has 0 aromatic heterocycles. The molecule has 0 bridgehead atoms. The fourth-order valence-electron chi connectivity index (χ4n) is 1.36. The van der Waals surface area contributed by atoms with Crippen molar-refractivity contribution in [3.05, 3.63) is 0 Å². The van der Waals surface area contributed by atoms with Gasteiger partial charge in [-0.15, -0.1) is 0 Å². The van der Waals surface area contributed by atoms with Gasteiger partial charge in [-0.2, -0.15) is 11.8 Å². The maximum atomic E-state index is 12.2. The molecule has 0 saturated heterocycles. The zero-order valence-corrected chi connectivity index (χ0v) is 12.0. The Morgan fingerprint density at radius 2 is 1.88 bits per heavy atom. The molecule has 0 radical (unpaired) electrons. The molecule has 0 aliphatic rings. The molecule has 4 heteroatoms. The van der Waals surface area contributed by atoms with E-state index >= 15 is 0 Å². The molecule has 0 aromatic carbocycles. The van der Waals surface area contributed by atoms with Crippen LogP contribution in [-0.2, 0) is 4.79 Å². The van der Waals surface area contributed by atoms with E-state index in [9.17, 15) is 4.79 Å². The Hall–Kier alpha value is -0.220. The largest absolute Gasteiger partial charge is 0.343 e. The molecular weight excluding hydrogens is 220 g/mol. The van der Waals surface area contributed by atoms with Crippen molar-refractivity contribution < 1.29 is 4.79 Å². The highest BCUT2D eigenvalue weighted by Crippen LogP contribution is 2.20. The zero-order valence-electron chi connectivity index (χ0n) is 11.2. The molecule has 0 fully saturated rings. The Kier molecular flexibility index (Phi) is 7.85. The molecule has 3 nitrogen and oxygen atoms in total. The lowest BCUT2D eigenvalue weighted by Gasteiger charge is -2.28. The van der Waals surface area contributed by atoms with Gasteiger partial charge in [-0.3, -0.25) is 4.79 Å². The van der Waals surface area contributed by atoms with Crippen LogP contribution < -0.4 is 5.73 Å². The van der Waals surface area contributed by atoms with Crippen LogP contribution in [0.4, 0.5) is 0 Å². The Bertz CT molecular complexity index is 207. The van der Waals surface area contributed by atoms with E-state index in [1.165, 1.54) is 0 Å². The summed E-state index contributed by atoms with van der Waals surface area (Å²) >= 11 is 1.77. The molecule has 16 heavy (non-hydrogen) atoms. The average molecular weight is 246 g/mol. The quantitative estimate of drug-likeness (QED) is 0.697. The highest BCUT2D eigenvalue weighted by atomic mass is 32.2. The van der Waals surface area contributed by atoms with Crippen LogP contribution in [0.5, 0.6) is 0 Å². The molecule has 0 rings (SSSR count). The van der Waals surface area contributed by atoms with Gasteiger partial charge in [-0.25, -0.2) is 0 Å². The number of rotatable bonds is 7. The van der Waals surface area contributed by atoms with Crippen molar-refractivity contribution in [3.63, 3.8) is 0 Å². The topological polar surface area (TPSA) is 46.3 Å². The predicted octanol–water partition coefficient (Wildman–Crippen LogP) is 1.82. The third-order valence-electron chi connectivity index (χ3n) is 2.80. The van der Waals surface area contributed by atoms with Crippen molar-refractivity contribution in [1.82, 2.24) is 4.90 Å². The minimum absolute atomic E-state index is 0.115. The maximum absolute atomic E-state index is 12.2. The van der Waals surface area contributed by atoms with Crippen LogP contribution in [0.25, 0.3) is 0 Å². The van der Waals surface area contributed by atoms with Crippen molar-refractivity contribution in [3.8, 4) is 0 Å². The van der Waals surface area contributed by atoms with E-state index < -0.39 is 0 Å². The fourth-order valence-corrected chi connectivity index (χ4v) is 2.47. The second-order valence-corrected chi connectivity index (χ2v) is 5.91. The number of hydrogen-bond donors (Lipinski definition) is 1. The van der Waals surface area contributed by atoms with Gasteiger partial charge in [0.15, 0.2) is 0 Å². The number of hydrogen-bond acceptors (Lipinski definition) is 3. The third kappa shape index (κ3) is 5.21. The standard InChI is InChI=1S/C12H26N2OS/c1-9(2)11(8-16-7-6-13)12(15)14(5)10(3)4/h9-11H,6-8,13H2,1-5H3/t11-/m0/s1. The van der Waals surface area contributed by atoms with Crippen molar-refractivity contribution in [2.75, 3.05) is 25.1 Å². The van der Waals surface area contributed by atoms with E-state index in [0.717, 1.165) is 11.5 Å². The predicted molar refractivity (Wildman–Crippen MR) is 72.6 cm³/mol. The monoisotopic (exact) mass is 246 g/mol. The van der Waals surface area contributed by atoms with Gasteiger partial charge >= 0.3 is 0 Å². The first-order valence-corrected chi connectivity index (χ1v) is 7.11. The van der Waals surface area contributed by atoms with Crippen molar-refractivity contribution in [2.45, 2.75) is 33.7 Å². The Morgan fingerprint density at radius 1 is 1.31 bits per heavy atom. The number of carbonyl (C=O) groups excluding carboxylic acids is 1. The van der Waals surface area contributed by atoms with Gasteiger partial charge in [0.1, 0.15) is 0 Å². The lowest BCUT2D eigenvalue weighted by atomic mass is 9.96. The van der Waals surface area contributed by atoms with Gasteiger partial charge in [0.2, 0.25) is 5.91 Å². The van der Waals surface area contributed by atoms with Crippen molar-refractivity contribution in [2.24, 2.45) is 17.6 Å². The smallest absolute Gasteiger partial charge is 0.226 e. The highest BCUT2D eigenvalue weighted by molar-refractivity contribution is 7.99. The normalized spacial score (nSPS) is 13.2. The van der Waals surface area contributed by atoms with Gasteiger partial charge in [-0.1, -0.05) is 13.8 Å². The first kappa shape index (κ1) is 15.8. The van der Waals surface area contributed by atoms with Crippen LogP contribution in [0.1, 0.15) is 27.7 Å². The van der Waals surface area contributed by atoms with Crippen LogP contribution in [0.2, 0.25) is 0 Å². The van der Waals surface area contributed by atoms with Gasteiger partial charge in [0, 0.05) is 37.1 Å². The summed E-state index contributed by atoms with van der Waals surface area (Å²) in [6.07, 6.45) is 0. The molecule has 0 heterocycles. The lowest BCUT2D eigenvalue weighted by Crippen LogP contribution is -2.40. The summed E-state index contributed by atoms with van der Waals surface area (Å²) in [5, 5.41) is 0. The fraction of sp³-hybridized carbons (Fsp3) is 0.917. The summed E-state index contributed by atoms with van der Waals surface area (Å²) in [6.45, 7) is 8.99. The van der Waals surface area contributed by atoms with Crippen molar-refractivity contribution >= 4 is 17.7 Å². The Morgan fingerprint density at radius 3 is 2.25 bits per heavy atom.